The van der Waals surface area contributed by atoms with Gasteiger partial charge in [0.1, 0.15) is 0 Å². The maximum absolute atomic E-state index is 12.5. The summed E-state index contributed by atoms with van der Waals surface area (Å²) in [5.41, 5.74) is 1.49. The van der Waals surface area contributed by atoms with Crippen LogP contribution in [0, 0.1) is 5.92 Å². The number of nitrogens with one attached hydrogen (secondary N) is 2. The van der Waals surface area contributed by atoms with Crippen molar-refractivity contribution < 1.29 is 14.7 Å². The molecule has 1 amide bonds. The molecule has 21 heavy (non-hydrogen) atoms. The number of H-pyrrole nitrogens is 1. The van der Waals surface area contributed by atoms with Gasteiger partial charge >= 0.3 is 5.97 Å². The Bertz CT molecular complexity index is 677. The number of amides is 1. The molecule has 5 heteroatoms. The van der Waals surface area contributed by atoms with E-state index in [-0.39, 0.29) is 11.9 Å². The van der Waals surface area contributed by atoms with Gasteiger partial charge in [-0.25, -0.2) is 0 Å². The predicted octanol–water partition coefficient (Wildman–Crippen LogP) is 2.54. The van der Waals surface area contributed by atoms with E-state index in [2.05, 4.69) is 10.3 Å². The minimum Gasteiger partial charge on any atom is -0.481 e. The van der Waals surface area contributed by atoms with Crippen molar-refractivity contribution in [1.29, 1.82) is 0 Å². The Morgan fingerprint density at radius 1 is 1.19 bits per heavy atom. The highest BCUT2D eigenvalue weighted by molar-refractivity contribution is 6.06. The monoisotopic (exact) mass is 286 g/mol. The topological polar surface area (TPSA) is 82.2 Å². The molecule has 2 atom stereocenters. The first kappa shape index (κ1) is 13.7. The Labute approximate surface area is 122 Å². The van der Waals surface area contributed by atoms with Crippen LogP contribution in [0.15, 0.2) is 30.5 Å². The van der Waals surface area contributed by atoms with Crippen LogP contribution in [0.3, 0.4) is 0 Å². The molecule has 0 radical (unpaired) electrons. The third kappa shape index (κ3) is 2.63. The SMILES string of the molecule is O=C(NC1CCCCC1C(=O)O)c1cccc2[nH]ccc12. The van der Waals surface area contributed by atoms with Crippen LogP contribution in [-0.2, 0) is 4.79 Å². The Morgan fingerprint density at radius 3 is 2.81 bits per heavy atom. The average Bonchev–Trinajstić information content (AvgIpc) is 2.95. The number of benzene rings is 1. The molecule has 3 N–H and O–H groups in total. The van der Waals surface area contributed by atoms with E-state index in [1.54, 1.807) is 12.3 Å². The van der Waals surface area contributed by atoms with Crippen molar-refractivity contribution in [3.63, 3.8) is 0 Å². The summed E-state index contributed by atoms with van der Waals surface area (Å²) in [5.74, 6) is -1.49. The lowest BCUT2D eigenvalue weighted by molar-refractivity contribution is -0.143. The number of hydrogen-bond acceptors (Lipinski definition) is 2. The van der Waals surface area contributed by atoms with E-state index < -0.39 is 11.9 Å². The van der Waals surface area contributed by atoms with Gasteiger partial charge in [0.15, 0.2) is 0 Å². The van der Waals surface area contributed by atoms with E-state index in [0.717, 1.165) is 30.2 Å². The molecule has 1 aliphatic carbocycles. The second-order valence-corrected chi connectivity index (χ2v) is 5.55. The van der Waals surface area contributed by atoms with E-state index in [1.807, 2.05) is 18.2 Å². The summed E-state index contributed by atoms with van der Waals surface area (Å²) in [6.45, 7) is 0. The standard InChI is InChI=1S/C16H18N2O3/c19-15(11-5-3-7-13-10(11)8-9-17-13)18-14-6-2-1-4-12(14)16(20)21/h3,5,7-9,12,14,17H,1-2,4,6H2,(H,18,19)(H,20,21). The summed E-state index contributed by atoms with van der Waals surface area (Å²) in [7, 11) is 0. The van der Waals surface area contributed by atoms with Crippen molar-refractivity contribution in [3.8, 4) is 0 Å². The molecule has 110 valence electrons. The van der Waals surface area contributed by atoms with Crippen molar-refractivity contribution in [2.24, 2.45) is 5.92 Å². The van der Waals surface area contributed by atoms with Gasteiger partial charge < -0.3 is 15.4 Å². The zero-order valence-electron chi connectivity index (χ0n) is 11.6. The molecule has 1 aromatic carbocycles. The minimum absolute atomic E-state index is 0.196. The maximum Gasteiger partial charge on any atom is 0.308 e. The van der Waals surface area contributed by atoms with Gasteiger partial charge in [-0.1, -0.05) is 18.9 Å². The molecule has 2 aromatic rings. The summed E-state index contributed by atoms with van der Waals surface area (Å²) in [5, 5.41) is 13.0. The molecule has 1 fully saturated rings. The zero-order chi connectivity index (χ0) is 14.8. The summed E-state index contributed by atoms with van der Waals surface area (Å²) >= 11 is 0. The first-order chi connectivity index (χ1) is 10.2. The molecule has 1 heterocycles. The predicted molar refractivity (Wildman–Crippen MR) is 79.1 cm³/mol. The van der Waals surface area contributed by atoms with E-state index in [1.165, 1.54) is 0 Å². The van der Waals surface area contributed by atoms with Crippen molar-refractivity contribution >= 4 is 22.8 Å². The normalized spacial score (nSPS) is 22.1. The Kier molecular flexibility index (Phi) is 3.64. The lowest BCUT2D eigenvalue weighted by Crippen LogP contribution is -2.45. The largest absolute Gasteiger partial charge is 0.481 e. The lowest BCUT2D eigenvalue weighted by Gasteiger charge is -2.29. The van der Waals surface area contributed by atoms with Crippen LogP contribution in [0.25, 0.3) is 10.9 Å². The first-order valence-corrected chi connectivity index (χ1v) is 7.26. The third-order valence-corrected chi connectivity index (χ3v) is 4.24. The van der Waals surface area contributed by atoms with Gasteiger partial charge in [0.25, 0.3) is 5.91 Å². The van der Waals surface area contributed by atoms with E-state index >= 15 is 0 Å². The van der Waals surface area contributed by atoms with Crippen molar-refractivity contribution in [2.75, 3.05) is 0 Å². The molecule has 0 bridgehead atoms. The number of aromatic amines is 1. The zero-order valence-corrected chi connectivity index (χ0v) is 11.6. The number of hydrogen-bond donors (Lipinski definition) is 3. The van der Waals surface area contributed by atoms with E-state index in [9.17, 15) is 14.7 Å². The molecule has 1 aliphatic rings. The highest BCUT2D eigenvalue weighted by Crippen LogP contribution is 2.25. The fourth-order valence-corrected chi connectivity index (χ4v) is 3.13. The molecular formula is C16H18N2O3. The van der Waals surface area contributed by atoms with Crippen molar-refractivity contribution in [2.45, 2.75) is 31.7 Å². The van der Waals surface area contributed by atoms with Crippen LogP contribution in [0.5, 0.6) is 0 Å². The highest BCUT2D eigenvalue weighted by atomic mass is 16.4. The van der Waals surface area contributed by atoms with E-state index in [0.29, 0.717) is 12.0 Å². The van der Waals surface area contributed by atoms with Gasteiger partial charge in [0, 0.05) is 28.7 Å². The summed E-state index contributed by atoms with van der Waals surface area (Å²) in [6, 6.07) is 7.08. The third-order valence-electron chi connectivity index (χ3n) is 4.24. The van der Waals surface area contributed by atoms with Crippen LogP contribution in [0.4, 0.5) is 0 Å². The van der Waals surface area contributed by atoms with Gasteiger partial charge in [-0.3, -0.25) is 9.59 Å². The number of carboxylic acids is 1. The van der Waals surface area contributed by atoms with Crippen LogP contribution < -0.4 is 5.32 Å². The van der Waals surface area contributed by atoms with E-state index in [4.69, 9.17) is 0 Å². The van der Waals surface area contributed by atoms with Crippen molar-refractivity contribution in [3.05, 3.63) is 36.0 Å². The van der Waals surface area contributed by atoms with Crippen LogP contribution >= 0.6 is 0 Å². The maximum atomic E-state index is 12.5. The summed E-state index contributed by atoms with van der Waals surface area (Å²) < 4.78 is 0. The second-order valence-electron chi connectivity index (χ2n) is 5.55. The molecule has 0 aliphatic heterocycles. The van der Waals surface area contributed by atoms with Gasteiger partial charge in [-0.15, -0.1) is 0 Å². The second kappa shape index (κ2) is 5.60. The lowest BCUT2D eigenvalue weighted by atomic mass is 9.84. The van der Waals surface area contributed by atoms with Crippen LogP contribution in [0.2, 0.25) is 0 Å². The van der Waals surface area contributed by atoms with Gasteiger partial charge in [-0.05, 0) is 31.0 Å². The number of aromatic nitrogens is 1. The number of carboxylic acid groups (broad SMARTS) is 1. The fraction of sp³-hybridized carbons (Fsp3) is 0.375. The van der Waals surface area contributed by atoms with Crippen molar-refractivity contribution in [1.82, 2.24) is 10.3 Å². The fourth-order valence-electron chi connectivity index (χ4n) is 3.13. The summed E-state index contributed by atoms with van der Waals surface area (Å²) in [6.07, 6.45) is 5.03. The summed E-state index contributed by atoms with van der Waals surface area (Å²) in [4.78, 5) is 26.8. The van der Waals surface area contributed by atoms with Gasteiger partial charge in [-0.2, -0.15) is 0 Å². The minimum atomic E-state index is -0.820. The Morgan fingerprint density at radius 2 is 2.00 bits per heavy atom. The molecule has 0 spiro atoms. The number of rotatable bonds is 3. The molecule has 0 saturated heterocycles. The molecule has 5 nitrogen and oxygen atoms in total. The smallest absolute Gasteiger partial charge is 0.308 e. The molecular weight excluding hydrogens is 268 g/mol. The average molecular weight is 286 g/mol. The number of carbonyl (C=O) groups excluding carboxylic acids is 1. The molecule has 3 rings (SSSR count). The van der Waals surface area contributed by atoms with Gasteiger partial charge in [0.2, 0.25) is 0 Å². The number of fused-ring (bicyclic) bond motifs is 1. The number of aliphatic carboxylic acids is 1. The molecule has 1 saturated carbocycles. The first-order valence-electron chi connectivity index (χ1n) is 7.26. The Balaban J connectivity index is 1.82. The molecule has 1 aromatic heterocycles. The van der Waals surface area contributed by atoms with Crippen LogP contribution in [-0.4, -0.2) is 28.0 Å². The van der Waals surface area contributed by atoms with Crippen LogP contribution in [0.1, 0.15) is 36.0 Å². The molecule has 2 unspecified atom stereocenters. The quantitative estimate of drug-likeness (QED) is 0.811. The highest BCUT2D eigenvalue weighted by Gasteiger charge is 2.32. The number of carbonyl (C=O) groups is 2. The van der Waals surface area contributed by atoms with Gasteiger partial charge in [0.05, 0.1) is 5.92 Å². The Hall–Kier alpha value is -2.30.